The third-order valence-electron chi connectivity index (χ3n) is 3.41. The van der Waals surface area contributed by atoms with Crippen molar-refractivity contribution in [3.05, 3.63) is 65.6 Å². The number of nitrogens with zero attached hydrogens (tertiary/aromatic N) is 4. The van der Waals surface area contributed by atoms with E-state index in [1.807, 2.05) is 30.3 Å². The normalized spacial score (nSPS) is 10.5. The van der Waals surface area contributed by atoms with Crippen LogP contribution in [0.4, 0.5) is 0 Å². The van der Waals surface area contributed by atoms with Crippen LogP contribution in [-0.2, 0) is 6.54 Å². The number of hydrogen-bond acceptors (Lipinski definition) is 4. The van der Waals surface area contributed by atoms with Gasteiger partial charge in [0, 0.05) is 18.0 Å². The van der Waals surface area contributed by atoms with E-state index in [1.165, 1.54) is 5.56 Å². The summed E-state index contributed by atoms with van der Waals surface area (Å²) < 4.78 is 1.75. The van der Waals surface area contributed by atoms with E-state index in [4.69, 9.17) is 0 Å². The number of rotatable bonds is 4. The van der Waals surface area contributed by atoms with Gasteiger partial charge in [-0.3, -0.25) is 9.78 Å². The zero-order valence-corrected chi connectivity index (χ0v) is 11.6. The van der Waals surface area contributed by atoms with E-state index < -0.39 is 0 Å². The van der Waals surface area contributed by atoms with Crippen LogP contribution in [0.5, 0.6) is 0 Å². The van der Waals surface area contributed by atoms with Crippen molar-refractivity contribution in [1.82, 2.24) is 20.0 Å². The molecule has 2 aromatic heterocycles. The predicted octanol–water partition coefficient (Wildman–Crippen LogP) is 2.51. The van der Waals surface area contributed by atoms with E-state index >= 15 is 0 Å². The molecule has 0 saturated carbocycles. The van der Waals surface area contributed by atoms with Gasteiger partial charge in [-0.05, 0) is 30.2 Å². The minimum Gasteiger partial charge on any atom is -0.296 e. The molecule has 5 heteroatoms. The van der Waals surface area contributed by atoms with Crippen molar-refractivity contribution in [3.8, 4) is 11.3 Å². The van der Waals surface area contributed by atoms with E-state index in [2.05, 4.69) is 28.3 Å². The SMILES string of the molecule is Cc1ccccc1Cn1nnc(C=O)c1-c1ccncc1. The average molecular weight is 278 g/mol. The molecule has 0 aliphatic rings. The number of aldehydes is 1. The van der Waals surface area contributed by atoms with Crippen molar-refractivity contribution in [2.75, 3.05) is 0 Å². The van der Waals surface area contributed by atoms with Crippen LogP contribution in [0.25, 0.3) is 11.3 Å². The van der Waals surface area contributed by atoms with Crippen LogP contribution in [-0.4, -0.2) is 26.3 Å². The fourth-order valence-electron chi connectivity index (χ4n) is 2.27. The molecule has 0 atom stereocenters. The molecule has 0 amide bonds. The molecule has 0 bridgehead atoms. The van der Waals surface area contributed by atoms with Gasteiger partial charge in [-0.15, -0.1) is 5.10 Å². The van der Waals surface area contributed by atoms with Crippen LogP contribution in [0.3, 0.4) is 0 Å². The first-order chi connectivity index (χ1) is 10.3. The maximum absolute atomic E-state index is 11.2. The summed E-state index contributed by atoms with van der Waals surface area (Å²) in [5.74, 6) is 0. The third kappa shape index (κ3) is 2.58. The Balaban J connectivity index is 2.06. The van der Waals surface area contributed by atoms with Crippen molar-refractivity contribution in [3.63, 3.8) is 0 Å². The summed E-state index contributed by atoms with van der Waals surface area (Å²) in [4.78, 5) is 15.2. The Morgan fingerprint density at radius 1 is 1.14 bits per heavy atom. The molecular formula is C16H14N4O. The van der Waals surface area contributed by atoms with Crippen LogP contribution >= 0.6 is 0 Å². The lowest BCUT2D eigenvalue weighted by Crippen LogP contribution is -2.06. The van der Waals surface area contributed by atoms with Gasteiger partial charge in [0.25, 0.3) is 0 Å². The molecule has 2 heterocycles. The van der Waals surface area contributed by atoms with Gasteiger partial charge in [-0.25, -0.2) is 4.68 Å². The van der Waals surface area contributed by atoms with Crippen LogP contribution < -0.4 is 0 Å². The summed E-state index contributed by atoms with van der Waals surface area (Å²) in [5.41, 5.74) is 4.27. The van der Waals surface area contributed by atoms with Gasteiger partial charge >= 0.3 is 0 Å². The molecule has 0 fully saturated rings. The Hall–Kier alpha value is -2.82. The molecule has 0 unspecified atom stereocenters. The molecule has 0 radical (unpaired) electrons. The first kappa shape index (κ1) is 13.2. The fraction of sp³-hybridized carbons (Fsp3) is 0.125. The molecule has 21 heavy (non-hydrogen) atoms. The number of carbonyl (C=O) groups excluding carboxylic acids is 1. The highest BCUT2D eigenvalue weighted by Crippen LogP contribution is 2.22. The summed E-state index contributed by atoms with van der Waals surface area (Å²) in [6.45, 7) is 2.63. The van der Waals surface area contributed by atoms with Gasteiger partial charge in [0.05, 0.1) is 12.2 Å². The number of aryl methyl sites for hydroxylation is 1. The minimum atomic E-state index is 0.342. The van der Waals surface area contributed by atoms with Gasteiger partial charge < -0.3 is 0 Å². The molecule has 1 aromatic carbocycles. The number of benzene rings is 1. The fourth-order valence-corrected chi connectivity index (χ4v) is 2.27. The summed E-state index contributed by atoms with van der Waals surface area (Å²) in [6.07, 6.45) is 4.11. The molecule has 0 N–H and O–H groups in total. The Morgan fingerprint density at radius 3 is 2.62 bits per heavy atom. The van der Waals surface area contributed by atoms with Crippen molar-refractivity contribution >= 4 is 6.29 Å². The highest BCUT2D eigenvalue weighted by molar-refractivity contribution is 5.83. The van der Waals surface area contributed by atoms with Crippen molar-refractivity contribution in [2.24, 2.45) is 0 Å². The van der Waals surface area contributed by atoms with E-state index in [0.717, 1.165) is 23.1 Å². The van der Waals surface area contributed by atoms with Crippen LogP contribution in [0.15, 0.2) is 48.8 Å². The van der Waals surface area contributed by atoms with Crippen molar-refractivity contribution in [1.29, 1.82) is 0 Å². The minimum absolute atomic E-state index is 0.342. The lowest BCUT2D eigenvalue weighted by atomic mass is 10.1. The second kappa shape index (κ2) is 5.66. The van der Waals surface area contributed by atoms with Gasteiger partial charge in [0.15, 0.2) is 12.0 Å². The average Bonchev–Trinajstić information content (AvgIpc) is 2.93. The highest BCUT2D eigenvalue weighted by Gasteiger charge is 2.15. The summed E-state index contributed by atoms with van der Waals surface area (Å²) >= 11 is 0. The quantitative estimate of drug-likeness (QED) is 0.688. The smallest absolute Gasteiger partial charge is 0.172 e. The van der Waals surface area contributed by atoms with Crippen LogP contribution in [0, 0.1) is 6.92 Å². The Morgan fingerprint density at radius 2 is 1.90 bits per heavy atom. The Bertz CT molecular complexity index is 765. The zero-order valence-electron chi connectivity index (χ0n) is 11.6. The monoisotopic (exact) mass is 278 g/mol. The summed E-state index contributed by atoms with van der Waals surface area (Å²) in [6, 6.07) is 11.8. The second-order valence-electron chi connectivity index (χ2n) is 4.76. The van der Waals surface area contributed by atoms with Gasteiger partial charge in [-0.1, -0.05) is 29.5 Å². The number of aromatic nitrogens is 4. The molecule has 3 aromatic rings. The molecule has 0 saturated heterocycles. The van der Waals surface area contributed by atoms with E-state index in [9.17, 15) is 4.79 Å². The van der Waals surface area contributed by atoms with Crippen molar-refractivity contribution < 1.29 is 4.79 Å². The first-order valence-electron chi connectivity index (χ1n) is 6.63. The third-order valence-corrected chi connectivity index (χ3v) is 3.41. The van der Waals surface area contributed by atoms with Crippen LogP contribution in [0.2, 0.25) is 0 Å². The molecule has 3 rings (SSSR count). The summed E-state index contributed by atoms with van der Waals surface area (Å²) in [7, 11) is 0. The van der Waals surface area contributed by atoms with E-state index in [-0.39, 0.29) is 0 Å². The molecule has 0 spiro atoms. The molecular weight excluding hydrogens is 264 g/mol. The number of pyridine rings is 1. The maximum Gasteiger partial charge on any atom is 0.172 e. The predicted molar refractivity (Wildman–Crippen MR) is 78.9 cm³/mol. The zero-order chi connectivity index (χ0) is 14.7. The Labute approximate surface area is 122 Å². The van der Waals surface area contributed by atoms with Crippen LogP contribution in [0.1, 0.15) is 21.6 Å². The Kier molecular flexibility index (Phi) is 3.55. The lowest BCUT2D eigenvalue weighted by Gasteiger charge is -2.09. The first-order valence-corrected chi connectivity index (χ1v) is 6.63. The molecule has 0 aliphatic carbocycles. The van der Waals surface area contributed by atoms with Gasteiger partial charge in [0.2, 0.25) is 0 Å². The maximum atomic E-state index is 11.2. The number of carbonyl (C=O) groups is 1. The molecule has 5 nitrogen and oxygen atoms in total. The van der Waals surface area contributed by atoms with Crippen molar-refractivity contribution in [2.45, 2.75) is 13.5 Å². The van der Waals surface area contributed by atoms with Gasteiger partial charge in [-0.2, -0.15) is 0 Å². The van der Waals surface area contributed by atoms with E-state index in [0.29, 0.717) is 12.2 Å². The topological polar surface area (TPSA) is 60.7 Å². The summed E-state index contributed by atoms with van der Waals surface area (Å²) in [5, 5.41) is 8.08. The van der Waals surface area contributed by atoms with E-state index in [1.54, 1.807) is 17.1 Å². The van der Waals surface area contributed by atoms with Gasteiger partial charge in [0.1, 0.15) is 0 Å². The lowest BCUT2D eigenvalue weighted by molar-refractivity contribution is 0.111. The molecule has 104 valence electrons. The molecule has 0 aliphatic heterocycles. The largest absolute Gasteiger partial charge is 0.296 e. The second-order valence-corrected chi connectivity index (χ2v) is 4.76. The standard InChI is InChI=1S/C16H14N4O/c1-12-4-2-3-5-14(12)10-20-16(15(11-21)18-19-20)13-6-8-17-9-7-13/h2-9,11H,10H2,1H3. The highest BCUT2D eigenvalue weighted by atomic mass is 16.1. The number of hydrogen-bond donors (Lipinski definition) is 0.